The Morgan fingerprint density at radius 2 is 2.00 bits per heavy atom. The van der Waals surface area contributed by atoms with Gasteiger partial charge >= 0.3 is 5.69 Å². The van der Waals surface area contributed by atoms with Crippen molar-refractivity contribution >= 4 is 34.2 Å². The van der Waals surface area contributed by atoms with Crippen LogP contribution in [0.3, 0.4) is 0 Å². The van der Waals surface area contributed by atoms with Crippen molar-refractivity contribution in [2.24, 2.45) is 0 Å². The molecule has 1 heterocycles. The van der Waals surface area contributed by atoms with Gasteiger partial charge in [-0.05, 0) is 34.7 Å². The zero-order chi connectivity index (χ0) is 14.5. The van der Waals surface area contributed by atoms with Crippen molar-refractivity contribution in [1.29, 1.82) is 0 Å². The zero-order valence-electron chi connectivity index (χ0n) is 10.4. The topological polar surface area (TPSA) is 84.0 Å². The molecule has 0 atom stereocenters. The number of amides is 1. The number of anilines is 1. The molecule has 0 spiro atoms. The van der Waals surface area contributed by atoms with E-state index in [1.807, 2.05) is 24.3 Å². The van der Waals surface area contributed by atoms with Gasteiger partial charge in [0.05, 0.1) is 5.69 Å². The number of nitrogens with one attached hydrogen (secondary N) is 2. The summed E-state index contributed by atoms with van der Waals surface area (Å²) in [7, 11) is 0. The minimum Gasteiger partial charge on any atom is -0.325 e. The van der Waals surface area contributed by atoms with Crippen LogP contribution in [0.15, 0.2) is 46.1 Å². The summed E-state index contributed by atoms with van der Waals surface area (Å²) in [6.45, 7) is 0.213. The Labute approximate surface area is 128 Å². The van der Waals surface area contributed by atoms with Crippen LogP contribution in [0, 0.1) is 3.57 Å². The van der Waals surface area contributed by atoms with Gasteiger partial charge < -0.3 is 9.88 Å². The molecule has 0 saturated heterocycles. The molecule has 2 rings (SSSR count). The highest BCUT2D eigenvalue weighted by Gasteiger charge is 2.06. The van der Waals surface area contributed by atoms with Crippen LogP contribution < -0.4 is 16.6 Å². The van der Waals surface area contributed by atoms with Crippen molar-refractivity contribution in [2.75, 3.05) is 5.32 Å². The Bertz CT molecular complexity index is 736. The van der Waals surface area contributed by atoms with Gasteiger partial charge in [-0.1, -0.05) is 12.1 Å². The number of carbonyl (C=O) groups excluding carboxylic acids is 1. The summed E-state index contributed by atoms with van der Waals surface area (Å²) in [5.41, 5.74) is -0.221. The number of H-pyrrole nitrogens is 1. The van der Waals surface area contributed by atoms with E-state index in [0.717, 1.165) is 9.26 Å². The molecule has 0 saturated carbocycles. The number of aryl methyl sites for hydroxylation is 1. The van der Waals surface area contributed by atoms with Crippen molar-refractivity contribution in [1.82, 2.24) is 9.55 Å². The molecule has 7 heteroatoms. The summed E-state index contributed by atoms with van der Waals surface area (Å²) in [4.78, 5) is 36.3. The number of hydrogen-bond acceptors (Lipinski definition) is 3. The number of aromatic nitrogens is 2. The fourth-order valence-corrected chi connectivity index (χ4v) is 2.14. The Hall–Kier alpha value is -1.90. The van der Waals surface area contributed by atoms with E-state index in [-0.39, 0.29) is 18.9 Å². The molecule has 1 aromatic carbocycles. The third-order valence-electron chi connectivity index (χ3n) is 2.62. The van der Waals surface area contributed by atoms with Crippen LogP contribution >= 0.6 is 22.6 Å². The molecule has 0 aliphatic rings. The number of rotatable bonds is 4. The summed E-state index contributed by atoms with van der Waals surface area (Å²) < 4.78 is 2.23. The van der Waals surface area contributed by atoms with Crippen LogP contribution in [0.4, 0.5) is 5.69 Å². The number of carbonyl (C=O) groups is 1. The predicted octanol–water partition coefficient (Wildman–Crippen LogP) is 1.17. The molecule has 2 aromatic rings. The second-order valence-electron chi connectivity index (χ2n) is 4.08. The number of hydrogen-bond donors (Lipinski definition) is 2. The number of aromatic amines is 1. The Morgan fingerprint density at radius 3 is 2.70 bits per heavy atom. The zero-order valence-corrected chi connectivity index (χ0v) is 12.6. The van der Waals surface area contributed by atoms with Crippen molar-refractivity contribution in [2.45, 2.75) is 13.0 Å². The normalized spacial score (nSPS) is 10.2. The van der Waals surface area contributed by atoms with E-state index >= 15 is 0 Å². The molecule has 0 aliphatic carbocycles. The third-order valence-corrected chi connectivity index (χ3v) is 3.57. The number of halogens is 1. The molecule has 2 N–H and O–H groups in total. The van der Waals surface area contributed by atoms with Crippen molar-refractivity contribution in [3.05, 3.63) is 60.9 Å². The van der Waals surface area contributed by atoms with Crippen LogP contribution in [-0.2, 0) is 11.3 Å². The van der Waals surface area contributed by atoms with Crippen molar-refractivity contribution in [3.8, 4) is 0 Å². The fourth-order valence-electron chi connectivity index (χ4n) is 1.62. The standard InChI is InChI=1S/C13H12IN3O3/c14-9-3-1-2-4-10(9)15-11(18)5-7-17-8-6-12(19)16-13(17)20/h1-4,6,8H,5,7H2,(H,15,18)(H,16,19,20). The van der Waals surface area contributed by atoms with E-state index in [4.69, 9.17) is 0 Å². The van der Waals surface area contributed by atoms with Gasteiger partial charge in [0.2, 0.25) is 5.91 Å². The van der Waals surface area contributed by atoms with E-state index in [1.54, 1.807) is 0 Å². The maximum absolute atomic E-state index is 11.8. The van der Waals surface area contributed by atoms with Crippen LogP contribution in [0.2, 0.25) is 0 Å². The summed E-state index contributed by atoms with van der Waals surface area (Å²) in [5, 5.41) is 2.78. The first-order valence-electron chi connectivity index (χ1n) is 5.90. The molecular weight excluding hydrogens is 373 g/mol. The maximum Gasteiger partial charge on any atom is 0.328 e. The lowest BCUT2D eigenvalue weighted by atomic mass is 10.3. The molecule has 0 unspecified atom stereocenters. The van der Waals surface area contributed by atoms with Gasteiger partial charge in [0, 0.05) is 28.8 Å². The number of benzene rings is 1. The van der Waals surface area contributed by atoms with E-state index < -0.39 is 11.2 Å². The largest absolute Gasteiger partial charge is 0.328 e. The molecule has 1 amide bonds. The number of para-hydroxylation sites is 1. The highest BCUT2D eigenvalue weighted by Crippen LogP contribution is 2.16. The predicted molar refractivity (Wildman–Crippen MR) is 83.7 cm³/mol. The molecule has 104 valence electrons. The summed E-state index contributed by atoms with van der Waals surface area (Å²) in [5.74, 6) is -0.188. The van der Waals surface area contributed by atoms with Gasteiger partial charge in [0.1, 0.15) is 0 Å². The lowest BCUT2D eigenvalue weighted by Gasteiger charge is -2.08. The first kappa shape index (κ1) is 14.5. The second kappa shape index (κ2) is 6.51. The van der Waals surface area contributed by atoms with Crippen LogP contribution in [-0.4, -0.2) is 15.5 Å². The minimum atomic E-state index is -0.514. The highest BCUT2D eigenvalue weighted by atomic mass is 127. The van der Waals surface area contributed by atoms with Gasteiger partial charge in [-0.3, -0.25) is 14.6 Å². The second-order valence-corrected chi connectivity index (χ2v) is 5.24. The van der Waals surface area contributed by atoms with Crippen LogP contribution in [0.5, 0.6) is 0 Å². The first-order chi connectivity index (χ1) is 9.56. The molecule has 1 aromatic heterocycles. The molecular formula is C13H12IN3O3. The van der Waals surface area contributed by atoms with Crippen LogP contribution in [0.1, 0.15) is 6.42 Å². The van der Waals surface area contributed by atoms with Crippen LogP contribution in [0.25, 0.3) is 0 Å². The number of nitrogens with zero attached hydrogens (tertiary/aromatic N) is 1. The van der Waals surface area contributed by atoms with E-state index in [9.17, 15) is 14.4 Å². The Balaban J connectivity index is 1.97. The fraction of sp³-hybridized carbons (Fsp3) is 0.154. The highest BCUT2D eigenvalue weighted by molar-refractivity contribution is 14.1. The molecule has 0 fully saturated rings. The van der Waals surface area contributed by atoms with Crippen molar-refractivity contribution < 1.29 is 4.79 Å². The first-order valence-corrected chi connectivity index (χ1v) is 6.98. The lowest BCUT2D eigenvalue weighted by molar-refractivity contribution is -0.116. The molecule has 0 aliphatic heterocycles. The van der Waals surface area contributed by atoms with E-state index in [2.05, 4.69) is 32.9 Å². The van der Waals surface area contributed by atoms with Gasteiger partial charge in [-0.2, -0.15) is 0 Å². The monoisotopic (exact) mass is 385 g/mol. The van der Waals surface area contributed by atoms with Gasteiger partial charge in [0.25, 0.3) is 5.56 Å². The van der Waals surface area contributed by atoms with E-state index in [0.29, 0.717) is 0 Å². The quantitative estimate of drug-likeness (QED) is 0.776. The molecule has 6 nitrogen and oxygen atoms in total. The Kier molecular flexibility index (Phi) is 4.72. The Morgan fingerprint density at radius 1 is 1.25 bits per heavy atom. The summed E-state index contributed by atoms with van der Waals surface area (Å²) in [6, 6.07) is 8.68. The smallest absolute Gasteiger partial charge is 0.325 e. The maximum atomic E-state index is 11.8. The average Bonchev–Trinajstić information content (AvgIpc) is 2.40. The van der Waals surface area contributed by atoms with Crippen molar-refractivity contribution in [3.63, 3.8) is 0 Å². The lowest BCUT2D eigenvalue weighted by Crippen LogP contribution is -2.29. The van der Waals surface area contributed by atoms with Gasteiger partial charge in [0.15, 0.2) is 0 Å². The third kappa shape index (κ3) is 3.80. The molecule has 0 radical (unpaired) electrons. The molecule has 0 bridgehead atoms. The SMILES string of the molecule is O=C(CCn1ccc(=O)[nH]c1=O)Nc1ccccc1I. The van der Waals surface area contributed by atoms with E-state index in [1.165, 1.54) is 16.8 Å². The average molecular weight is 385 g/mol. The molecule has 20 heavy (non-hydrogen) atoms. The summed E-state index contributed by atoms with van der Waals surface area (Å²) in [6.07, 6.45) is 1.53. The summed E-state index contributed by atoms with van der Waals surface area (Å²) >= 11 is 2.13. The minimum absolute atomic E-state index is 0.150. The van der Waals surface area contributed by atoms with Gasteiger partial charge in [-0.15, -0.1) is 0 Å². The van der Waals surface area contributed by atoms with Gasteiger partial charge in [-0.25, -0.2) is 4.79 Å².